The fraction of sp³-hybridized carbons (Fsp3) is 0.632. The van der Waals surface area contributed by atoms with Crippen LogP contribution >= 0.6 is 15.6 Å². The maximum absolute atomic E-state index is 13.1. The monoisotopic (exact) mass is 1520 g/mol. The largest absolute Gasteiger partial charge is 0.472 e. The van der Waals surface area contributed by atoms with Crippen molar-refractivity contribution < 1.29 is 80.2 Å². The van der Waals surface area contributed by atoms with Gasteiger partial charge in [0.1, 0.15) is 19.3 Å². The number of ether oxygens (including phenoxy) is 4. The number of rotatable bonds is 74. The van der Waals surface area contributed by atoms with Gasteiger partial charge in [-0.05, 0) is 173 Å². The normalized spacial score (nSPS) is 14.7. The van der Waals surface area contributed by atoms with Gasteiger partial charge in [-0.25, -0.2) is 9.13 Å². The predicted octanol–water partition coefficient (Wildman–Crippen LogP) is 23.8. The standard InChI is InChI=1S/C87H142O17P2/c1-5-9-13-17-21-25-29-33-36-38-40-42-45-48-51-55-59-63-67-71-84(89)97-77-82(103-86(91)73-69-65-61-57-53-47-32-28-24-20-16-12-8-4)79-101-105(93,94)99-75-81(88)76-100-106(95,96)102-80-83(104-87(92)74-70-66-62-58-54-50-44-35-31-27-23-19-15-11-7-3)78-98-85(90)72-68-64-60-56-52-49-46-43-41-39-37-34-30-26-22-18-14-10-6-2/h9-10,13-14,16,20-23,25-28,32-37,40-44,48-49,51-52,81-83,88H,5-8,11-12,15,17-19,24,29-31,38-39,45-47,50,53-80H2,1-4H3,(H,93,94)(H,95,96)/b13-9-,14-10-,20-16-,25-21-,26-22-,27-23-,32-28-,36-33-,37-34-,42-40-,43-41-,44-35-,51-48-,52-49-. The van der Waals surface area contributed by atoms with Gasteiger partial charge in [-0.15, -0.1) is 0 Å². The Morgan fingerprint density at radius 2 is 0.509 bits per heavy atom. The van der Waals surface area contributed by atoms with Gasteiger partial charge in [-0.2, -0.15) is 0 Å². The van der Waals surface area contributed by atoms with E-state index in [-0.39, 0.29) is 25.7 Å². The van der Waals surface area contributed by atoms with Crippen LogP contribution in [0.15, 0.2) is 170 Å². The van der Waals surface area contributed by atoms with Crippen LogP contribution in [0.1, 0.15) is 297 Å². The number of unbranched alkanes of at least 4 members (excludes halogenated alkanes) is 20. The third kappa shape index (κ3) is 76.6. The summed E-state index contributed by atoms with van der Waals surface area (Å²) in [5, 5.41) is 10.6. The maximum Gasteiger partial charge on any atom is 0.472 e. The molecule has 0 aromatic carbocycles. The second-order valence-electron chi connectivity index (χ2n) is 26.2. The van der Waals surface area contributed by atoms with Gasteiger partial charge in [0.15, 0.2) is 12.2 Å². The van der Waals surface area contributed by atoms with E-state index in [1.165, 1.54) is 19.3 Å². The van der Waals surface area contributed by atoms with Crippen LogP contribution in [0.3, 0.4) is 0 Å². The van der Waals surface area contributed by atoms with Crippen LogP contribution in [-0.2, 0) is 65.4 Å². The third-order valence-electron chi connectivity index (χ3n) is 16.1. The SMILES string of the molecule is CC/C=C\C/C=C\C/C=C\C/C=C\C/C=C\CCCCCC(=O)OCC(COP(=O)(O)OCC(O)COP(=O)(O)OCC(COC(=O)CCCCC/C=C\C/C=C\C/C=C\C/C=C\C/C=C\CC)OC(=O)CCCCCCC/C=C\C/C=C\CCCCC)OC(=O)CCCCCCC/C=C\C/C=C\CCC. The lowest BCUT2D eigenvalue weighted by Gasteiger charge is -2.21. The summed E-state index contributed by atoms with van der Waals surface area (Å²) in [6.45, 7) is 4.44. The molecule has 0 heterocycles. The molecule has 0 spiro atoms. The van der Waals surface area contributed by atoms with Crippen LogP contribution in [0.5, 0.6) is 0 Å². The molecular formula is C87H142O17P2. The summed E-state index contributed by atoms with van der Waals surface area (Å²) >= 11 is 0. The van der Waals surface area contributed by atoms with Gasteiger partial charge >= 0.3 is 39.5 Å². The Hall–Kier alpha value is -5.58. The number of aliphatic hydroxyl groups excluding tert-OH is 1. The Morgan fingerprint density at radius 1 is 0.274 bits per heavy atom. The van der Waals surface area contributed by atoms with E-state index < -0.39 is 97.5 Å². The summed E-state index contributed by atoms with van der Waals surface area (Å²) in [4.78, 5) is 73.1. The highest BCUT2D eigenvalue weighted by Gasteiger charge is 2.30. The lowest BCUT2D eigenvalue weighted by Crippen LogP contribution is -2.30. The molecule has 0 aliphatic carbocycles. The minimum atomic E-state index is -5.00. The summed E-state index contributed by atoms with van der Waals surface area (Å²) in [7, 11) is -10.00. The maximum atomic E-state index is 13.1. The van der Waals surface area contributed by atoms with Crippen LogP contribution in [0, 0.1) is 0 Å². The van der Waals surface area contributed by atoms with Gasteiger partial charge in [0.05, 0.1) is 26.4 Å². The molecule has 3 N–H and O–H groups in total. The number of esters is 4. The van der Waals surface area contributed by atoms with E-state index >= 15 is 0 Å². The molecule has 0 aliphatic rings. The molecule has 0 aliphatic heterocycles. The minimum absolute atomic E-state index is 0.0643. The van der Waals surface area contributed by atoms with Gasteiger partial charge in [-0.3, -0.25) is 37.3 Å². The van der Waals surface area contributed by atoms with E-state index in [4.69, 9.17) is 37.0 Å². The number of hydrogen-bond donors (Lipinski definition) is 3. The Kier molecular flexibility index (Phi) is 73.5. The van der Waals surface area contributed by atoms with Crippen molar-refractivity contribution in [3.8, 4) is 0 Å². The van der Waals surface area contributed by atoms with Gasteiger partial charge in [0.25, 0.3) is 0 Å². The zero-order valence-electron chi connectivity index (χ0n) is 65.8. The minimum Gasteiger partial charge on any atom is -0.462 e. The average Bonchev–Trinajstić information content (AvgIpc) is 0.901. The predicted molar refractivity (Wildman–Crippen MR) is 436 cm³/mol. The first-order valence-electron chi connectivity index (χ1n) is 40.4. The summed E-state index contributed by atoms with van der Waals surface area (Å²) < 4.78 is 68.6. The van der Waals surface area contributed by atoms with Crippen molar-refractivity contribution in [2.24, 2.45) is 0 Å². The molecule has 106 heavy (non-hydrogen) atoms. The lowest BCUT2D eigenvalue weighted by molar-refractivity contribution is -0.161. The Bertz CT molecular complexity index is 2680. The molecule has 0 saturated carbocycles. The quantitative estimate of drug-likeness (QED) is 0.0169. The lowest BCUT2D eigenvalue weighted by atomic mass is 10.1. The fourth-order valence-corrected chi connectivity index (χ4v) is 11.6. The van der Waals surface area contributed by atoms with E-state index in [1.807, 2.05) is 0 Å². The Labute approximate surface area is 642 Å². The molecule has 0 saturated heterocycles. The molecule has 602 valence electrons. The van der Waals surface area contributed by atoms with Crippen molar-refractivity contribution in [1.82, 2.24) is 0 Å². The molecule has 19 heteroatoms. The van der Waals surface area contributed by atoms with Crippen LogP contribution in [0.2, 0.25) is 0 Å². The van der Waals surface area contributed by atoms with E-state index in [1.54, 1.807) is 0 Å². The summed E-state index contributed by atoms with van der Waals surface area (Å²) in [5.41, 5.74) is 0. The molecule has 0 fully saturated rings. The zero-order valence-corrected chi connectivity index (χ0v) is 67.6. The number of allylic oxidation sites excluding steroid dienone is 28. The van der Waals surface area contributed by atoms with Crippen molar-refractivity contribution in [2.75, 3.05) is 39.6 Å². The van der Waals surface area contributed by atoms with Crippen molar-refractivity contribution in [3.63, 3.8) is 0 Å². The highest BCUT2D eigenvalue weighted by Crippen LogP contribution is 2.45. The molecule has 5 unspecified atom stereocenters. The fourth-order valence-electron chi connectivity index (χ4n) is 10.0. The smallest absolute Gasteiger partial charge is 0.462 e. The van der Waals surface area contributed by atoms with Crippen molar-refractivity contribution >= 4 is 39.5 Å². The van der Waals surface area contributed by atoms with E-state index in [0.29, 0.717) is 25.7 Å². The van der Waals surface area contributed by atoms with Crippen molar-refractivity contribution in [1.29, 1.82) is 0 Å². The molecule has 17 nitrogen and oxygen atoms in total. The van der Waals surface area contributed by atoms with E-state index in [2.05, 4.69) is 198 Å². The number of aliphatic hydroxyl groups is 1. The second-order valence-corrected chi connectivity index (χ2v) is 29.1. The molecule has 0 radical (unpaired) electrons. The molecule has 0 bridgehead atoms. The summed E-state index contributed by atoms with van der Waals surface area (Å²) in [6.07, 6.45) is 91.9. The molecular weight excluding hydrogens is 1380 g/mol. The van der Waals surface area contributed by atoms with Crippen LogP contribution in [0.4, 0.5) is 0 Å². The number of carbonyl (C=O) groups is 4. The van der Waals surface area contributed by atoms with Gasteiger partial charge in [-0.1, -0.05) is 268 Å². The first-order chi connectivity index (χ1) is 51.7. The van der Waals surface area contributed by atoms with Crippen LogP contribution < -0.4 is 0 Å². The second kappa shape index (κ2) is 77.6. The zero-order chi connectivity index (χ0) is 77.4. The van der Waals surface area contributed by atoms with Gasteiger partial charge in [0.2, 0.25) is 0 Å². The number of hydrogen-bond acceptors (Lipinski definition) is 15. The molecule has 0 rings (SSSR count). The summed E-state index contributed by atoms with van der Waals surface area (Å²) in [5.74, 6) is -2.29. The van der Waals surface area contributed by atoms with Gasteiger partial charge < -0.3 is 33.8 Å². The molecule has 5 atom stereocenters. The molecule has 0 aromatic heterocycles. The highest BCUT2D eigenvalue weighted by molar-refractivity contribution is 7.47. The highest BCUT2D eigenvalue weighted by atomic mass is 31.2. The number of phosphoric acid groups is 2. The van der Waals surface area contributed by atoms with E-state index in [0.717, 1.165) is 199 Å². The third-order valence-corrected chi connectivity index (χ3v) is 18.0. The van der Waals surface area contributed by atoms with Crippen molar-refractivity contribution in [3.05, 3.63) is 170 Å². The van der Waals surface area contributed by atoms with E-state index in [9.17, 15) is 43.2 Å². The topological polar surface area (TPSA) is 237 Å². The number of carbonyl (C=O) groups excluding carboxylic acids is 4. The Balaban J connectivity index is 5.44. The summed E-state index contributed by atoms with van der Waals surface area (Å²) in [6, 6.07) is 0. The Morgan fingerprint density at radius 3 is 0.802 bits per heavy atom. The van der Waals surface area contributed by atoms with Crippen LogP contribution in [-0.4, -0.2) is 96.7 Å². The van der Waals surface area contributed by atoms with Crippen molar-refractivity contribution in [2.45, 2.75) is 316 Å². The van der Waals surface area contributed by atoms with Gasteiger partial charge in [0, 0.05) is 25.7 Å². The number of phosphoric ester groups is 2. The first kappa shape index (κ1) is 100. The first-order valence-corrected chi connectivity index (χ1v) is 43.4. The average molecular weight is 1520 g/mol. The van der Waals surface area contributed by atoms with Crippen LogP contribution in [0.25, 0.3) is 0 Å². The molecule has 0 amide bonds. The molecule has 0 aromatic rings.